The molecule has 0 saturated carbocycles. The van der Waals surface area contributed by atoms with Gasteiger partial charge in [0.25, 0.3) is 0 Å². The molecule has 0 radical (unpaired) electrons. The first-order chi connectivity index (χ1) is 11.4. The average Bonchev–Trinajstić information content (AvgIpc) is 2.63. The quantitative estimate of drug-likeness (QED) is 0.644. The van der Waals surface area contributed by atoms with Gasteiger partial charge in [0.2, 0.25) is 0 Å². The van der Waals surface area contributed by atoms with Crippen molar-refractivity contribution in [1.29, 1.82) is 0 Å². The highest BCUT2D eigenvalue weighted by Gasteiger charge is 2.21. The summed E-state index contributed by atoms with van der Waals surface area (Å²) in [5.74, 6) is 0. The Balaban J connectivity index is 1.74. The van der Waals surface area contributed by atoms with E-state index in [2.05, 4.69) is 84.9 Å². The normalized spacial score (nSPS) is 16.5. The first-order valence-corrected chi connectivity index (χ1v) is 8.14. The van der Waals surface area contributed by atoms with Crippen molar-refractivity contribution in [2.75, 3.05) is 0 Å². The molecule has 3 aromatic carbocycles. The van der Waals surface area contributed by atoms with Gasteiger partial charge < -0.3 is 0 Å². The molecule has 4 rings (SSSR count). The van der Waals surface area contributed by atoms with E-state index in [1.54, 1.807) is 0 Å². The zero-order valence-corrected chi connectivity index (χ0v) is 13.0. The minimum Gasteiger partial charge on any atom is -0.280 e. The van der Waals surface area contributed by atoms with Crippen LogP contribution in [0, 0.1) is 0 Å². The van der Waals surface area contributed by atoms with E-state index >= 15 is 0 Å². The summed E-state index contributed by atoms with van der Waals surface area (Å²) in [4.78, 5) is 5.11. The summed E-state index contributed by atoms with van der Waals surface area (Å²) in [6.07, 6.45) is 1.87. The van der Waals surface area contributed by atoms with Gasteiger partial charge in [0.15, 0.2) is 0 Å². The van der Waals surface area contributed by atoms with Crippen LogP contribution in [0.4, 0.5) is 0 Å². The number of aliphatic imine (C=N–C) groups is 1. The molecule has 1 heteroatoms. The number of benzene rings is 3. The fraction of sp³-hybridized carbons (Fsp3) is 0.136. The van der Waals surface area contributed by atoms with Crippen LogP contribution < -0.4 is 0 Å². The van der Waals surface area contributed by atoms with Gasteiger partial charge in [-0.05, 0) is 28.7 Å². The third-order valence-corrected chi connectivity index (χ3v) is 4.45. The molecule has 1 atom stereocenters. The van der Waals surface area contributed by atoms with Crippen LogP contribution in [0.25, 0.3) is 0 Å². The zero-order chi connectivity index (χ0) is 15.5. The molecule has 0 aromatic heterocycles. The smallest absolute Gasteiger partial charge is 0.0793 e. The van der Waals surface area contributed by atoms with Crippen molar-refractivity contribution in [3.63, 3.8) is 0 Å². The predicted octanol–water partition coefficient (Wildman–Crippen LogP) is 5.02. The largest absolute Gasteiger partial charge is 0.280 e. The minimum atomic E-state index is 0.227. The second kappa shape index (κ2) is 6.21. The van der Waals surface area contributed by atoms with Crippen molar-refractivity contribution in [3.8, 4) is 0 Å². The van der Waals surface area contributed by atoms with Crippen LogP contribution in [-0.2, 0) is 12.8 Å². The number of fused-ring (bicyclic) bond motifs is 1. The second-order valence-corrected chi connectivity index (χ2v) is 6.03. The molecule has 112 valence electrons. The Kier molecular flexibility index (Phi) is 3.77. The van der Waals surface area contributed by atoms with E-state index in [4.69, 9.17) is 4.99 Å². The lowest BCUT2D eigenvalue weighted by molar-refractivity contribution is 0.708. The molecule has 1 unspecified atom stereocenters. The van der Waals surface area contributed by atoms with Crippen LogP contribution in [-0.4, -0.2) is 5.71 Å². The van der Waals surface area contributed by atoms with E-state index in [9.17, 15) is 0 Å². The van der Waals surface area contributed by atoms with Gasteiger partial charge in [-0.25, -0.2) is 0 Å². The highest BCUT2D eigenvalue weighted by molar-refractivity contribution is 6.04. The van der Waals surface area contributed by atoms with E-state index in [1.165, 1.54) is 28.0 Å². The molecule has 0 bridgehead atoms. The summed E-state index contributed by atoms with van der Waals surface area (Å²) in [5, 5.41) is 0. The summed E-state index contributed by atoms with van der Waals surface area (Å²) in [7, 11) is 0. The highest BCUT2D eigenvalue weighted by atomic mass is 14.8. The first kappa shape index (κ1) is 14.0. The summed E-state index contributed by atoms with van der Waals surface area (Å²) < 4.78 is 0. The number of hydrogen-bond acceptors (Lipinski definition) is 1. The number of rotatable bonds is 3. The molecular formula is C22H19N. The summed E-state index contributed by atoms with van der Waals surface area (Å²) in [6, 6.07) is 30.2. The third kappa shape index (κ3) is 2.95. The van der Waals surface area contributed by atoms with Gasteiger partial charge in [-0.3, -0.25) is 4.99 Å². The molecule has 1 heterocycles. The SMILES string of the molecule is c1ccc(CC2=NC(c3ccccc3)Cc3ccccc32)cc1. The molecule has 0 spiro atoms. The van der Waals surface area contributed by atoms with E-state index in [0.717, 1.165) is 12.8 Å². The third-order valence-electron chi connectivity index (χ3n) is 4.45. The first-order valence-electron chi connectivity index (χ1n) is 8.14. The Hall–Kier alpha value is -2.67. The van der Waals surface area contributed by atoms with Crippen LogP contribution in [0.15, 0.2) is 89.9 Å². The minimum absolute atomic E-state index is 0.227. The standard InChI is InChI=1S/C22H19N/c1-3-9-17(10-4-1)15-22-20-14-8-7-13-19(20)16-21(23-22)18-11-5-2-6-12-18/h1-14,21H,15-16H2. The van der Waals surface area contributed by atoms with E-state index < -0.39 is 0 Å². The fourth-order valence-electron chi connectivity index (χ4n) is 3.29. The van der Waals surface area contributed by atoms with Crippen molar-refractivity contribution < 1.29 is 0 Å². The lowest BCUT2D eigenvalue weighted by atomic mass is 9.88. The fourth-order valence-corrected chi connectivity index (χ4v) is 3.29. The maximum atomic E-state index is 5.11. The maximum absolute atomic E-state index is 5.11. The second-order valence-electron chi connectivity index (χ2n) is 6.03. The molecule has 23 heavy (non-hydrogen) atoms. The van der Waals surface area contributed by atoms with Crippen LogP contribution in [0.1, 0.15) is 28.3 Å². The van der Waals surface area contributed by atoms with E-state index in [1.807, 2.05) is 0 Å². The van der Waals surface area contributed by atoms with Gasteiger partial charge in [0, 0.05) is 12.1 Å². The summed E-state index contributed by atoms with van der Waals surface area (Å²) >= 11 is 0. The van der Waals surface area contributed by atoms with Crippen LogP contribution >= 0.6 is 0 Å². The molecule has 0 amide bonds. The Morgan fingerprint density at radius 1 is 0.739 bits per heavy atom. The van der Waals surface area contributed by atoms with E-state index in [-0.39, 0.29) is 6.04 Å². The van der Waals surface area contributed by atoms with Gasteiger partial charge in [0.05, 0.1) is 6.04 Å². The molecule has 1 aliphatic rings. The van der Waals surface area contributed by atoms with Gasteiger partial charge >= 0.3 is 0 Å². The average molecular weight is 297 g/mol. The van der Waals surface area contributed by atoms with Crippen LogP contribution in [0.2, 0.25) is 0 Å². The zero-order valence-electron chi connectivity index (χ0n) is 13.0. The molecule has 0 saturated heterocycles. The Morgan fingerprint density at radius 3 is 2.17 bits per heavy atom. The van der Waals surface area contributed by atoms with Crippen LogP contribution in [0.5, 0.6) is 0 Å². The molecule has 1 aliphatic heterocycles. The van der Waals surface area contributed by atoms with Crippen LogP contribution in [0.3, 0.4) is 0 Å². The lowest BCUT2D eigenvalue weighted by Crippen LogP contribution is -2.18. The maximum Gasteiger partial charge on any atom is 0.0793 e. The van der Waals surface area contributed by atoms with E-state index in [0.29, 0.717) is 0 Å². The predicted molar refractivity (Wildman–Crippen MR) is 96.0 cm³/mol. The topological polar surface area (TPSA) is 12.4 Å². The lowest BCUT2D eigenvalue weighted by Gasteiger charge is -2.24. The molecule has 3 aromatic rings. The van der Waals surface area contributed by atoms with Gasteiger partial charge in [-0.15, -0.1) is 0 Å². The molecular weight excluding hydrogens is 278 g/mol. The molecule has 0 N–H and O–H groups in total. The highest BCUT2D eigenvalue weighted by Crippen LogP contribution is 2.30. The van der Waals surface area contributed by atoms with Gasteiger partial charge in [0.1, 0.15) is 0 Å². The Labute approximate surface area is 137 Å². The molecule has 1 nitrogen and oxygen atoms in total. The summed E-state index contributed by atoms with van der Waals surface area (Å²) in [6.45, 7) is 0. The van der Waals surface area contributed by atoms with Gasteiger partial charge in [-0.1, -0.05) is 84.9 Å². The molecule has 0 aliphatic carbocycles. The van der Waals surface area contributed by atoms with Crippen molar-refractivity contribution >= 4 is 5.71 Å². The number of hydrogen-bond donors (Lipinski definition) is 0. The Morgan fingerprint density at radius 2 is 1.39 bits per heavy atom. The Bertz CT molecular complexity index is 819. The number of nitrogens with zero attached hydrogens (tertiary/aromatic N) is 1. The van der Waals surface area contributed by atoms with Gasteiger partial charge in [-0.2, -0.15) is 0 Å². The van der Waals surface area contributed by atoms with Crippen molar-refractivity contribution in [2.24, 2.45) is 4.99 Å². The van der Waals surface area contributed by atoms with Crippen molar-refractivity contribution in [3.05, 3.63) is 107 Å². The summed E-state index contributed by atoms with van der Waals surface area (Å²) in [5.41, 5.74) is 6.53. The van der Waals surface area contributed by atoms with Crippen molar-refractivity contribution in [2.45, 2.75) is 18.9 Å². The monoisotopic (exact) mass is 297 g/mol. The molecule has 0 fully saturated rings. The van der Waals surface area contributed by atoms with Crippen molar-refractivity contribution in [1.82, 2.24) is 0 Å².